The lowest BCUT2D eigenvalue weighted by atomic mass is 9.94. The quantitative estimate of drug-likeness (QED) is 0.868. The molecule has 2 heterocycles. The molecule has 1 aliphatic heterocycles. The molecule has 1 fully saturated rings. The number of hydrogen-bond donors (Lipinski definition) is 1. The number of pyridine rings is 1. The van der Waals surface area contributed by atoms with Gasteiger partial charge in [-0.15, -0.1) is 0 Å². The standard InChI is InChI=1S/C14H23N3O/c1-17-10-7-12(8-11-17)6-9-15-13-4-3-5-14(16-13)18-2/h3-5,12H,6-11H2,1-2H3,(H,15,16). The van der Waals surface area contributed by atoms with Crippen molar-refractivity contribution in [1.29, 1.82) is 0 Å². The molecule has 2 rings (SSSR count). The van der Waals surface area contributed by atoms with Crippen LogP contribution in [-0.4, -0.2) is 43.7 Å². The summed E-state index contributed by atoms with van der Waals surface area (Å²) in [5.41, 5.74) is 0. The van der Waals surface area contributed by atoms with Gasteiger partial charge < -0.3 is 15.0 Å². The molecular formula is C14H23N3O. The lowest BCUT2D eigenvalue weighted by Crippen LogP contribution is -2.30. The monoisotopic (exact) mass is 249 g/mol. The second-order valence-corrected chi connectivity index (χ2v) is 5.03. The number of piperidine rings is 1. The predicted octanol–water partition coefficient (Wildman–Crippen LogP) is 2.23. The van der Waals surface area contributed by atoms with Crippen molar-refractivity contribution < 1.29 is 4.74 Å². The smallest absolute Gasteiger partial charge is 0.214 e. The van der Waals surface area contributed by atoms with Crippen LogP contribution < -0.4 is 10.1 Å². The van der Waals surface area contributed by atoms with Gasteiger partial charge in [0.2, 0.25) is 5.88 Å². The highest BCUT2D eigenvalue weighted by Crippen LogP contribution is 2.19. The summed E-state index contributed by atoms with van der Waals surface area (Å²) in [7, 11) is 3.85. The van der Waals surface area contributed by atoms with E-state index in [0.717, 1.165) is 18.3 Å². The first-order valence-corrected chi connectivity index (χ1v) is 6.71. The van der Waals surface area contributed by atoms with Crippen LogP contribution >= 0.6 is 0 Å². The lowest BCUT2D eigenvalue weighted by molar-refractivity contribution is 0.215. The zero-order valence-corrected chi connectivity index (χ0v) is 11.4. The van der Waals surface area contributed by atoms with Crippen LogP contribution in [0.5, 0.6) is 5.88 Å². The molecule has 0 bridgehead atoms. The largest absolute Gasteiger partial charge is 0.481 e. The van der Waals surface area contributed by atoms with Crippen molar-refractivity contribution in [3.05, 3.63) is 18.2 Å². The summed E-state index contributed by atoms with van der Waals surface area (Å²) in [5.74, 6) is 2.43. The first-order chi connectivity index (χ1) is 8.78. The van der Waals surface area contributed by atoms with Gasteiger partial charge in [-0.25, -0.2) is 0 Å². The summed E-state index contributed by atoms with van der Waals surface area (Å²) in [6.07, 6.45) is 3.88. The molecule has 1 aromatic rings. The second-order valence-electron chi connectivity index (χ2n) is 5.03. The van der Waals surface area contributed by atoms with Gasteiger partial charge in [0, 0.05) is 12.6 Å². The molecule has 0 amide bonds. The SMILES string of the molecule is COc1cccc(NCCC2CCN(C)CC2)n1. The van der Waals surface area contributed by atoms with E-state index in [1.165, 1.54) is 32.4 Å². The fourth-order valence-corrected chi connectivity index (χ4v) is 2.38. The Balaban J connectivity index is 1.71. The fraction of sp³-hybridized carbons (Fsp3) is 0.643. The lowest BCUT2D eigenvalue weighted by Gasteiger charge is -2.28. The molecule has 1 N–H and O–H groups in total. The van der Waals surface area contributed by atoms with Crippen molar-refractivity contribution >= 4 is 5.82 Å². The number of anilines is 1. The Morgan fingerprint density at radius 1 is 1.39 bits per heavy atom. The van der Waals surface area contributed by atoms with Crippen molar-refractivity contribution in [2.75, 3.05) is 39.1 Å². The van der Waals surface area contributed by atoms with Gasteiger partial charge in [-0.1, -0.05) is 6.07 Å². The molecule has 0 radical (unpaired) electrons. The van der Waals surface area contributed by atoms with E-state index in [-0.39, 0.29) is 0 Å². The summed E-state index contributed by atoms with van der Waals surface area (Å²) in [5, 5.41) is 3.37. The van der Waals surface area contributed by atoms with Crippen LogP contribution in [0.2, 0.25) is 0 Å². The van der Waals surface area contributed by atoms with Crippen molar-refractivity contribution in [3.63, 3.8) is 0 Å². The van der Waals surface area contributed by atoms with Crippen LogP contribution in [0.25, 0.3) is 0 Å². The van der Waals surface area contributed by atoms with Gasteiger partial charge in [-0.3, -0.25) is 0 Å². The van der Waals surface area contributed by atoms with Crippen molar-refractivity contribution in [1.82, 2.24) is 9.88 Å². The number of aromatic nitrogens is 1. The fourth-order valence-electron chi connectivity index (χ4n) is 2.38. The molecule has 1 aromatic heterocycles. The normalized spacial score (nSPS) is 17.7. The van der Waals surface area contributed by atoms with Gasteiger partial charge in [-0.05, 0) is 51.4 Å². The Morgan fingerprint density at radius 2 is 2.17 bits per heavy atom. The van der Waals surface area contributed by atoms with E-state index in [9.17, 15) is 0 Å². The minimum Gasteiger partial charge on any atom is -0.481 e. The van der Waals surface area contributed by atoms with E-state index in [1.807, 2.05) is 18.2 Å². The molecule has 0 aliphatic carbocycles. The number of nitrogens with one attached hydrogen (secondary N) is 1. The molecular weight excluding hydrogens is 226 g/mol. The van der Waals surface area contributed by atoms with Gasteiger partial charge in [0.05, 0.1) is 7.11 Å². The molecule has 0 unspecified atom stereocenters. The van der Waals surface area contributed by atoms with Crippen LogP contribution in [-0.2, 0) is 0 Å². The molecule has 1 saturated heterocycles. The van der Waals surface area contributed by atoms with Crippen molar-refractivity contribution in [2.24, 2.45) is 5.92 Å². The van der Waals surface area contributed by atoms with E-state index in [4.69, 9.17) is 4.74 Å². The maximum absolute atomic E-state index is 5.11. The first-order valence-electron chi connectivity index (χ1n) is 6.71. The number of ether oxygens (including phenoxy) is 1. The summed E-state index contributed by atoms with van der Waals surface area (Å²) in [6, 6.07) is 5.81. The minimum absolute atomic E-state index is 0.666. The molecule has 4 heteroatoms. The van der Waals surface area contributed by atoms with Gasteiger partial charge >= 0.3 is 0 Å². The minimum atomic E-state index is 0.666. The van der Waals surface area contributed by atoms with E-state index in [2.05, 4.69) is 22.2 Å². The maximum Gasteiger partial charge on any atom is 0.214 e. The zero-order chi connectivity index (χ0) is 12.8. The molecule has 0 saturated carbocycles. The molecule has 0 aromatic carbocycles. The van der Waals surface area contributed by atoms with Crippen LogP contribution in [0, 0.1) is 5.92 Å². The third-order valence-corrected chi connectivity index (χ3v) is 3.63. The second kappa shape index (κ2) is 6.59. The molecule has 0 atom stereocenters. The zero-order valence-electron chi connectivity index (χ0n) is 11.4. The predicted molar refractivity (Wildman–Crippen MR) is 74.1 cm³/mol. The summed E-state index contributed by atoms with van der Waals surface area (Å²) < 4.78 is 5.11. The van der Waals surface area contributed by atoms with E-state index in [1.54, 1.807) is 7.11 Å². The third-order valence-electron chi connectivity index (χ3n) is 3.63. The molecule has 0 spiro atoms. The van der Waals surface area contributed by atoms with Gasteiger partial charge in [-0.2, -0.15) is 4.98 Å². The van der Waals surface area contributed by atoms with Crippen LogP contribution in [0.15, 0.2) is 18.2 Å². The Labute approximate surface area is 109 Å². The number of likely N-dealkylation sites (tertiary alicyclic amines) is 1. The van der Waals surface area contributed by atoms with Crippen molar-refractivity contribution in [3.8, 4) is 5.88 Å². The van der Waals surface area contributed by atoms with E-state index >= 15 is 0 Å². The van der Waals surface area contributed by atoms with E-state index in [0.29, 0.717) is 5.88 Å². The summed E-state index contributed by atoms with van der Waals surface area (Å²) >= 11 is 0. The average Bonchev–Trinajstić information content (AvgIpc) is 2.41. The first kappa shape index (κ1) is 13.1. The van der Waals surface area contributed by atoms with E-state index < -0.39 is 0 Å². The highest BCUT2D eigenvalue weighted by molar-refractivity contribution is 5.36. The van der Waals surface area contributed by atoms with Crippen LogP contribution in [0.4, 0.5) is 5.82 Å². The summed E-state index contributed by atoms with van der Waals surface area (Å²) in [4.78, 5) is 6.75. The molecule has 18 heavy (non-hydrogen) atoms. The van der Waals surface area contributed by atoms with Gasteiger partial charge in [0.25, 0.3) is 0 Å². The Bertz CT molecular complexity index is 362. The van der Waals surface area contributed by atoms with Crippen molar-refractivity contribution in [2.45, 2.75) is 19.3 Å². The molecule has 4 nitrogen and oxygen atoms in total. The number of rotatable bonds is 5. The Kier molecular flexibility index (Phi) is 4.81. The molecule has 1 aliphatic rings. The highest BCUT2D eigenvalue weighted by atomic mass is 16.5. The van der Waals surface area contributed by atoms with Crippen LogP contribution in [0.3, 0.4) is 0 Å². The number of nitrogens with zero attached hydrogens (tertiary/aromatic N) is 2. The van der Waals surface area contributed by atoms with Gasteiger partial charge in [0.15, 0.2) is 0 Å². The number of hydrogen-bond acceptors (Lipinski definition) is 4. The Morgan fingerprint density at radius 3 is 2.89 bits per heavy atom. The number of methoxy groups -OCH3 is 1. The topological polar surface area (TPSA) is 37.4 Å². The highest BCUT2D eigenvalue weighted by Gasteiger charge is 2.15. The van der Waals surface area contributed by atoms with Gasteiger partial charge in [0.1, 0.15) is 5.82 Å². The average molecular weight is 249 g/mol. The summed E-state index contributed by atoms with van der Waals surface area (Å²) in [6.45, 7) is 3.47. The molecule has 100 valence electrons. The maximum atomic E-state index is 5.11. The third kappa shape index (κ3) is 3.88. The Hall–Kier alpha value is -1.29. The van der Waals surface area contributed by atoms with Crippen LogP contribution in [0.1, 0.15) is 19.3 Å².